The van der Waals surface area contributed by atoms with Gasteiger partial charge in [0.1, 0.15) is 0 Å². The Labute approximate surface area is 92.2 Å². The summed E-state index contributed by atoms with van der Waals surface area (Å²) in [5, 5.41) is 3.52. The van der Waals surface area contributed by atoms with E-state index >= 15 is 0 Å². The van der Waals surface area contributed by atoms with Gasteiger partial charge in [0.05, 0.1) is 0 Å². The average Bonchev–Trinajstić information content (AvgIpc) is 2.58. The molecule has 0 unspecified atom stereocenters. The van der Waals surface area contributed by atoms with Crippen LogP contribution in [0.3, 0.4) is 0 Å². The van der Waals surface area contributed by atoms with Crippen LogP contribution in [0, 0.1) is 11.3 Å². The van der Waals surface area contributed by atoms with Crippen molar-refractivity contribution in [3.8, 4) is 0 Å². The molecule has 0 aromatic heterocycles. The molecule has 0 radical (unpaired) electrons. The summed E-state index contributed by atoms with van der Waals surface area (Å²) in [5.41, 5.74) is -0.229. The minimum absolute atomic E-state index is 0.229. The summed E-state index contributed by atoms with van der Waals surface area (Å²) in [6, 6.07) is 0.560. The first kappa shape index (κ1) is 10.9. The van der Waals surface area contributed by atoms with Gasteiger partial charge in [-0.15, -0.1) is 0 Å². The molecular formula is C12H22N2O. The van der Waals surface area contributed by atoms with Gasteiger partial charge < -0.3 is 10.2 Å². The molecule has 2 aliphatic rings. The first-order valence-corrected chi connectivity index (χ1v) is 6.01. The minimum atomic E-state index is -0.229. The molecule has 3 heteroatoms. The molecule has 2 fully saturated rings. The largest absolute Gasteiger partial charge is 0.340 e. The maximum atomic E-state index is 12.1. The Bertz CT molecular complexity index is 243. The van der Waals surface area contributed by atoms with Crippen molar-refractivity contribution in [2.24, 2.45) is 11.3 Å². The van der Waals surface area contributed by atoms with Crippen LogP contribution in [-0.2, 0) is 4.79 Å². The fraction of sp³-hybridized carbons (Fsp3) is 0.917. The van der Waals surface area contributed by atoms with Gasteiger partial charge in [-0.25, -0.2) is 0 Å². The highest BCUT2D eigenvalue weighted by molar-refractivity contribution is 5.81. The van der Waals surface area contributed by atoms with Crippen LogP contribution in [0.15, 0.2) is 0 Å². The zero-order chi connectivity index (χ0) is 11.1. The molecule has 0 bridgehead atoms. The third-order valence-corrected chi connectivity index (χ3v) is 3.53. The fourth-order valence-electron chi connectivity index (χ4n) is 2.69. The third kappa shape index (κ3) is 2.17. The van der Waals surface area contributed by atoms with Crippen LogP contribution < -0.4 is 5.32 Å². The number of nitrogens with one attached hydrogen (secondary N) is 1. The molecule has 1 N–H and O–H groups in total. The monoisotopic (exact) mass is 210 g/mol. The summed E-state index contributed by atoms with van der Waals surface area (Å²) in [4.78, 5) is 14.2. The van der Waals surface area contributed by atoms with Crippen molar-refractivity contribution in [2.75, 3.05) is 19.6 Å². The van der Waals surface area contributed by atoms with Gasteiger partial charge >= 0.3 is 0 Å². The minimum Gasteiger partial charge on any atom is -0.340 e. The van der Waals surface area contributed by atoms with E-state index in [2.05, 4.69) is 5.32 Å². The number of carbonyl (C=O) groups is 1. The van der Waals surface area contributed by atoms with E-state index in [4.69, 9.17) is 0 Å². The molecule has 15 heavy (non-hydrogen) atoms. The number of hydrogen-bond donors (Lipinski definition) is 1. The lowest BCUT2D eigenvalue weighted by Crippen LogP contribution is -2.42. The molecule has 2 aliphatic heterocycles. The van der Waals surface area contributed by atoms with E-state index < -0.39 is 0 Å². The highest BCUT2D eigenvalue weighted by Gasteiger charge is 2.39. The smallest absolute Gasteiger partial charge is 0.228 e. The first-order valence-electron chi connectivity index (χ1n) is 6.01. The highest BCUT2D eigenvalue weighted by Crippen LogP contribution is 2.28. The van der Waals surface area contributed by atoms with E-state index in [0.717, 1.165) is 19.6 Å². The zero-order valence-electron chi connectivity index (χ0n) is 10.0. The van der Waals surface area contributed by atoms with Gasteiger partial charge in [-0.05, 0) is 25.3 Å². The molecule has 0 aromatic carbocycles. The maximum Gasteiger partial charge on any atom is 0.228 e. The molecule has 0 saturated carbocycles. The van der Waals surface area contributed by atoms with Crippen LogP contribution in [0.2, 0.25) is 0 Å². The van der Waals surface area contributed by atoms with Crippen molar-refractivity contribution in [1.29, 1.82) is 0 Å². The topological polar surface area (TPSA) is 32.3 Å². The molecule has 3 nitrogen and oxygen atoms in total. The van der Waals surface area contributed by atoms with Crippen LogP contribution in [0.5, 0.6) is 0 Å². The summed E-state index contributed by atoms with van der Waals surface area (Å²) in [6.07, 6.45) is 2.55. The van der Waals surface area contributed by atoms with Gasteiger partial charge in [0, 0.05) is 24.5 Å². The summed E-state index contributed by atoms with van der Waals surface area (Å²) >= 11 is 0. The normalized spacial score (nSPS) is 31.5. The lowest BCUT2D eigenvalue weighted by Gasteiger charge is -2.25. The maximum absolute atomic E-state index is 12.1. The van der Waals surface area contributed by atoms with Crippen molar-refractivity contribution in [3.05, 3.63) is 0 Å². The third-order valence-electron chi connectivity index (χ3n) is 3.53. The lowest BCUT2D eigenvalue weighted by atomic mass is 9.94. The van der Waals surface area contributed by atoms with E-state index in [1.807, 2.05) is 25.7 Å². The van der Waals surface area contributed by atoms with E-state index in [1.165, 1.54) is 12.8 Å². The van der Waals surface area contributed by atoms with Crippen molar-refractivity contribution in [1.82, 2.24) is 10.2 Å². The number of carbonyl (C=O) groups excluding carboxylic acids is 1. The molecule has 2 saturated heterocycles. The Balaban J connectivity index is 2.00. The van der Waals surface area contributed by atoms with E-state index in [1.54, 1.807) is 0 Å². The number of amides is 1. The van der Waals surface area contributed by atoms with Gasteiger partial charge in [0.2, 0.25) is 5.91 Å². The van der Waals surface area contributed by atoms with Crippen LogP contribution in [0.25, 0.3) is 0 Å². The summed E-state index contributed by atoms with van der Waals surface area (Å²) in [6.45, 7) is 9.02. The average molecular weight is 210 g/mol. The molecule has 0 aliphatic carbocycles. The molecule has 2 atom stereocenters. The number of rotatable bonds is 0. The molecule has 0 aromatic rings. The Morgan fingerprint density at radius 3 is 2.67 bits per heavy atom. The van der Waals surface area contributed by atoms with Crippen LogP contribution >= 0.6 is 0 Å². The second-order valence-corrected chi connectivity index (χ2v) is 5.92. The van der Waals surface area contributed by atoms with Gasteiger partial charge in [-0.1, -0.05) is 20.8 Å². The van der Waals surface area contributed by atoms with E-state index in [-0.39, 0.29) is 5.41 Å². The highest BCUT2D eigenvalue weighted by atomic mass is 16.2. The fourth-order valence-corrected chi connectivity index (χ4v) is 2.69. The number of hydrogen-bond acceptors (Lipinski definition) is 2. The number of likely N-dealkylation sites (tertiary alicyclic amines) is 1. The molecule has 0 spiro atoms. The second-order valence-electron chi connectivity index (χ2n) is 5.92. The molecule has 2 heterocycles. The number of nitrogens with zero attached hydrogens (tertiary/aromatic N) is 1. The van der Waals surface area contributed by atoms with Crippen molar-refractivity contribution >= 4 is 5.91 Å². The van der Waals surface area contributed by atoms with Gasteiger partial charge in [0.15, 0.2) is 0 Å². The Morgan fingerprint density at radius 2 is 2.07 bits per heavy atom. The Kier molecular flexibility index (Phi) is 2.75. The van der Waals surface area contributed by atoms with E-state index in [0.29, 0.717) is 17.9 Å². The number of piperidine rings is 1. The first-order chi connectivity index (χ1) is 6.98. The zero-order valence-corrected chi connectivity index (χ0v) is 10.0. The lowest BCUT2D eigenvalue weighted by molar-refractivity contribution is -0.138. The summed E-state index contributed by atoms with van der Waals surface area (Å²) < 4.78 is 0. The molecule has 2 rings (SSSR count). The van der Waals surface area contributed by atoms with Crippen LogP contribution in [-0.4, -0.2) is 36.5 Å². The summed E-state index contributed by atoms with van der Waals surface area (Å²) in [5.74, 6) is 1.00. The SMILES string of the molecule is CC(C)(C)C(=O)N1C[C@@H]2CCCN[C@@H]2C1. The van der Waals surface area contributed by atoms with Crippen molar-refractivity contribution < 1.29 is 4.79 Å². The van der Waals surface area contributed by atoms with Crippen LogP contribution in [0.4, 0.5) is 0 Å². The number of fused-ring (bicyclic) bond motifs is 1. The van der Waals surface area contributed by atoms with Crippen molar-refractivity contribution in [3.63, 3.8) is 0 Å². The standard InChI is InChI=1S/C12H22N2O/c1-12(2,3)11(15)14-7-9-5-4-6-13-10(9)8-14/h9-10,13H,4-8H2,1-3H3/t9-,10+/m0/s1. The molecular weight excluding hydrogens is 188 g/mol. The summed E-state index contributed by atoms with van der Waals surface area (Å²) in [7, 11) is 0. The van der Waals surface area contributed by atoms with Crippen LogP contribution in [0.1, 0.15) is 33.6 Å². The van der Waals surface area contributed by atoms with Crippen molar-refractivity contribution in [2.45, 2.75) is 39.7 Å². The predicted molar refractivity (Wildman–Crippen MR) is 60.5 cm³/mol. The quantitative estimate of drug-likeness (QED) is 0.652. The van der Waals surface area contributed by atoms with Gasteiger partial charge in [-0.2, -0.15) is 0 Å². The molecule has 1 amide bonds. The molecule has 86 valence electrons. The second kappa shape index (κ2) is 3.78. The van der Waals surface area contributed by atoms with E-state index in [9.17, 15) is 4.79 Å². The predicted octanol–water partition coefficient (Wildman–Crippen LogP) is 1.24. The Morgan fingerprint density at radius 1 is 1.33 bits per heavy atom. The van der Waals surface area contributed by atoms with Gasteiger partial charge in [-0.3, -0.25) is 4.79 Å². The van der Waals surface area contributed by atoms with Gasteiger partial charge in [0.25, 0.3) is 0 Å². The Hall–Kier alpha value is -0.570.